The van der Waals surface area contributed by atoms with E-state index in [2.05, 4.69) is 22.1 Å². The lowest BCUT2D eigenvalue weighted by Gasteiger charge is -2.08. The van der Waals surface area contributed by atoms with E-state index in [-0.39, 0.29) is 24.8 Å². The number of H-pyrrole nitrogens is 1. The summed E-state index contributed by atoms with van der Waals surface area (Å²) in [7, 11) is 0. The average Bonchev–Trinajstić information content (AvgIpc) is 3.08. The molecule has 0 aliphatic carbocycles. The number of fused-ring (bicyclic) bond motifs is 1. The number of aromatic amines is 1. The van der Waals surface area contributed by atoms with Crippen LogP contribution in [-0.4, -0.2) is 24.0 Å². The number of nitrogens with one attached hydrogen (secondary N) is 2. The molecule has 2 N–H and O–H groups in total. The van der Waals surface area contributed by atoms with Crippen LogP contribution in [0.25, 0.3) is 10.9 Å². The van der Waals surface area contributed by atoms with Gasteiger partial charge in [-0.15, -0.1) is 0 Å². The quantitative estimate of drug-likeness (QED) is 0.680. The number of rotatable bonds is 4. The van der Waals surface area contributed by atoms with Gasteiger partial charge in [0.1, 0.15) is 12.4 Å². The molecule has 0 spiro atoms. The maximum Gasteiger partial charge on any atom is 0.416 e. The second-order valence-electron chi connectivity index (χ2n) is 5.60. The highest BCUT2D eigenvalue weighted by molar-refractivity contribution is 6.06. The van der Waals surface area contributed by atoms with E-state index in [1.54, 1.807) is 6.20 Å². The van der Waals surface area contributed by atoms with Gasteiger partial charge in [-0.25, -0.2) is 0 Å². The van der Waals surface area contributed by atoms with Crippen molar-refractivity contribution >= 4 is 16.8 Å². The van der Waals surface area contributed by atoms with Crippen molar-refractivity contribution in [2.45, 2.75) is 6.18 Å². The molecule has 0 unspecified atom stereocenters. The van der Waals surface area contributed by atoms with Crippen molar-refractivity contribution in [2.75, 3.05) is 13.2 Å². The zero-order valence-corrected chi connectivity index (χ0v) is 14.1. The Morgan fingerprint density at radius 3 is 2.74 bits per heavy atom. The summed E-state index contributed by atoms with van der Waals surface area (Å²) < 4.78 is 43.0. The van der Waals surface area contributed by atoms with Crippen molar-refractivity contribution in [3.8, 4) is 17.6 Å². The van der Waals surface area contributed by atoms with Crippen LogP contribution in [0.3, 0.4) is 0 Å². The molecule has 1 heterocycles. The Hall–Kier alpha value is -3.40. The zero-order chi connectivity index (χ0) is 19.3. The molecule has 1 amide bonds. The molecule has 0 saturated carbocycles. The van der Waals surface area contributed by atoms with Crippen molar-refractivity contribution in [3.63, 3.8) is 0 Å². The molecule has 138 valence electrons. The van der Waals surface area contributed by atoms with Gasteiger partial charge in [0.05, 0.1) is 17.7 Å². The minimum absolute atomic E-state index is 0.0791. The molecular formula is C20H15F3N2O2. The topological polar surface area (TPSA) is 54.1 Å². The van der Waals surface area contributed by atoms with Crippen LogP contribution in [0.2, 0.25) is 0 Å². The molecule has 27 heavy (non-hydrogen) atoms. The molecule has 0 bridgehead atoms. The molecule has 0 radical (unpaired) electrons. The standard InChI is InChI=1S/C20H15F3N2O2/c21-20(22,23)14-6-5-7-15(12-14)27-11-4-3-10-24-19(26)17-13-25-18-9-2-1-8-16(17)18/h1-2,5-9,12-13,25H,10-11H2,(H,24,26). The monoisotopic (exact) mass is 372 g/mol. The van der Waals surface area contributed by atoms with E-state index in [9.17, 15) is 18.0 Å². The third-order valence-electron chi connectivity index (χ3n) is 3.77. The number of carbonyl (C=O) groups is 1. The molecule has 2 aromatic carbocycles. The molecule has 1 aromatic heterocycles. The van der Waals surface area contributed by atoms with Gasteiger partial charge in [-0.1, -0.05) is 36.1 Å². The van der Waals surface area contributed by atoms with Crippen LogP contribution < -0.4 is 10.1 Å². The third kappa shape index (κ3) is 4.61. The van der Waals surface area contributed by atoms with Crippen LogP contribution in [0.1, 0.15) is 15.9 Å². The number of amides is 1. The number of hydrogen-bond donors (Lipinski definition) is 2. The van der Waals surface area contributed by atoms with E-state index in [1.165, 1.54) is 12.1 Å². The van der Waals surface area contributed by atoms with Crippen LogP contribution >= 0.6 is 0 Å². The Balaban J connectivity index is 1.49. The number of ether oxygens (including phenoxy) is 1. The second kappa shape index (κ2) is 7.87. The number of hydrogen-bond acceptors (Lipinski definition) is 2. The predicted octanol–water partition coefficient (Wildman–Crippen LogP) is 4.00. The first-order valence-electron chi connectivity index (χ1n) is 8.05. The Morgan fingerprint density at radius 2 is 1.93 bits per heavy atom. The van der Waals surface area contributed by atoms with Gasteiger partial charge < -0.3 is 15.0 Å². The normalized spacial score (nSPS) is 10.9. The lowest BCUT2D eigenvalue weighted by atomic mass is 10.1. The van der Waals surface area contributed by atoms with Gasteiger partial charge in [-0.2, -0.15) is 13.2 Å². The van der Waals surface area contributed by atoms with Gasteiger partial charge in [0, 0.05) is 17.1 Å². The first-order chi connectivity index (χ1) is 12.9. The number of carbonyl (C=O) groups excluding carboxylic acids is 1. The lowest BCUT2D eigenvalue weighted by molar-refractivity contribution is -0.137. The molecule has 0 atom stereocenters. The largest absolute Gasteiger partial charge is 0.481 e. The predicted molar refractivity (Wildman–Crippen MR) is 95.3 cm³/mol. The van der Waals surface area contributed by atoms with E-state index in [4.69, 9.17) is 4.74 Å². The summed E-state index contributed by atoms with van der Waals surface area (Å²) in [6.07, 6.45) is -2.79. The molecule has 0 saturated heterocycles. The maximum absolute atomic E-state index is 12.6. The first-order valence-corrected chi connectivity index (χ1v) is 8.05. The molecule has 3 rings (SSSR count). The van der Waals surface area contributed by atoms with Gasteiger partial charge in [0.2, 0.25) is 0 Å². The second-order valence-corrected chi connectivity index (χ2v) is 5.60. The fourth-order valence-corrected chi connectivity index (χ4v) is 2.47. The summed E-state index contributed by atoms with van der Waals surface area (Å²) in [5.74, 6) is 5.18. The SMILES string of the molecule is O=C(NCC#CCOc1cccc(C(F)(F)F)c1)c1c[nH]c2ccccc12. The van der Waals surface area contributed by atoms with Crippen molar-refractivity contribution < 1.29 is 22.7 Å². The van der Waals surface area contributed by atoms with E-state index >= 15 is 0 Å². The molecule has 0 fully saturated rings. The highest BCUT2D eigenvalue weighted by Gasteiger charge is 2.30. The highest BCUT2D eigenvalue weighted by atomic mass is 19.4. The third-order valence-corrected chi connectivity index (χ3v) is 3.77. The van der Waals surface area contributed by atoms with E-state index in [1.807, 2.05) is 24.3 Å². The molecular weight excluding hydrogens is 357 g/mol. The van der Waals surface area contributed by atoms with Gasteiger partial charge in [-0.3, -0.25) is 4.79 Å². The van der Waals surface area contributed by atoms with Crippen LogP contribution in [0, 0.1) is 11.8 Å². The van der Waals surface area contributed by atoms with Gasteiger partial charge in [0.15, 0.2) is 0 Å². The molecule has 0 aliphatic rings. The molecule has 7 heteroatoms. The van der Waals surface area contributed by atoms with E-state index in [0.717, 1.165) is 23.0 Å². The van der Waals surface area contributed by atoms with Crippen molar-refractivity contribution in [2.24, 2.45) is 0 Å². The number of alkyl halides is 3. The fraction of sp³-hybridized carbons (Fsp3) is 0.150. The van der Waals surface area contributed by atoms with Crippen molar-refractivity contribution in [1.29, 1.82) is 0 Å². The fourth-order valence-electron chi connectivity index (χ4n) is 2.47. The summed E-state index contributed by atoms with van der Waals surface area (Å²) in [5, 5.41) is 3.48. The Bertz CT molecular complexity index is 1010. The average molecular weight is 372 g/mol. The molecule has 3 aromatic rings. The van der Waals surface area contributed by atoms with Gasteiger partial charge >= 0.3 is 6.18 Å². The summed E-state index contributed by atoms with van der Waals surface area (Å²) in [6, 6.07) is 12.0. The zero-order valence-electron chi connectivity index (χ0n) is 14.1. The summed E-state index contributed by atoms with van der Waals surface area (Å²) in [4.78, 5) is 15.2. The van der Waals surface area contributed by atoms with Gasteiger partial charge in [-0.05, 0) is 24.3 Å². The van der Waals surface area contributed by atoms with Crippen LogP contribution in [-0.2, 0) is 6.18 Å². The van der Waals surface area contributed by atoms with E-state index < -0.39 is 11.7 Å². The minimum atomic E-state index is -4.42. The number of benzene rings is 2. The molecule has 4 nitrogen and oxygen atoms in total. The Labute approximate surface area is 153 Å². The van der Waals surface area contributed by atoms with E-state index in [0.29, 0.717) is 5.56 Å². The van der Waals surface area contributed by atoms with Crippen LogP contribution in [0.4, 0.5) is 13.2 Å². The van der Waals surface area contributed by atoms with Crippen LogP contribution in [0.5, 0.6) is 5.75 Å². The van der Waals surface area contributed by atoms with Crippen LogP contribution in [0.15, 0.2) is 54.7 Å². The minimum Gasteiger partial charge on any atom is -0.481 e. The summed E-state index contributed by atoms with van der Waals surface area (Å²) in [5.41, 5.74) is 0.606. The Kier molecular flexibility index (Phi) is 5.36. The number of aromatic nitrogens is 1. The van der Waals surface area contributed by atoms with Crippen molar-refractivity contribution in [3.05, 3.63) is 65.9 Å². The van der Waals surface area contributed by atoms with Crippen molar-refractivity contribution in [1.82, 2.24) is 10.3 Å². The van der Waals surface area contributed by atoms with Gasteiger partial charge in [0.25, 0.3) is 5.91 Å². The first kappa shape index (κ1) is 18.4. The maximum atomic E-state index is 12.6. The smallest absolute Gasteiger partial charge is 0.416 e. The Morgan fingerprint density at radius 1 is 1.11 bits per heavy atom. The summed E-state index contributed by atoms with van der Waals surface area (Å²) in [6.45, 7) is 0.0224. The highest BCUT2D eigenvalue weighted by Crippen LogP contribution is 2.31. The lowest BCUT2D eigenvalue weighted by Crippen LogP contribution is -2.23. The molecule has 0 aliphatic heterocycles. The number of para-hydroxylation sites is 1. The summed E-state index contributed by atoms with van der Waals surface area (Å²) >= 11 is 0. The number of halogens is 3.